The first kappa shape index (κ1) is 14.5. The van der Waals surface area contributed by atoms with Crippen molar-refractivity contribution in [2.75, 3.05) is 20.7 Å². The third-order valence-electron chi connectivity index (χ3n) is 2.95. The van der Waals surface area contributed by atoms with Crippen molar-refractivity contribution in [2.45, 2.75) is 26.4 Å². The van der Waals surface area contributed by atoms with Crippen LogP contribution in [0.4, 0.5) is 0 Å². The van der Waals surface area contributed by atoms with Crippen LogP contribution in [0.3, 0.4) is 0 Å². The van der Waals surface area contributed by atoms with Crippen molar-refractivity contribution in [1.29, 1.82) is 0 Å². The van der Waals surface area contributed by atoms with Gasteiger partial charge in [-0.05, 0) is 38.6 Å². The summed E-state index contributed by atoms with van der Waals surface area (Å²) in [6, 6.07) is 7.83. The van der Waals surface area contributed by atoms with Crippen LogP contribution in [-0.2, 0) is 11.3 Å². The molecule has 0 aliphatic rings. The highest BCUT2D eigenvalue weighted by atomic mass is 16.5. The van der Waals surface area contributed by atoms with Crippen LogP contribution in [-0.4, -0.2) is 37.6 Å². The number of nitrogens with zero attached hydrogens (tertiary/aromatic N) is 1. The summed E-state index contributed by atoms with van der Waals surface area (Å²) in [5.41, 5.74) is 1.16. The number of ether oxygens (including phenoxy) is 1. The first-order valence-electron chi connectivity index (χ1n) is 6.22. The fraction of sp³-hybridized carbons (Fsp3) is 0.500. The van der Waals surface area contributed by atoms with Gasteiger partial charge in [0.25, 0.3) is 0 Å². The van der Waals surface area contributed by atoms with E-state index < -0.39 is 0 Å². The van der Waals surface area contributed by atoms with Crippen LogP contribution < -0.4 is 10.1 Å². The minimum atomic E-state index is -0.137. The van der Waals surface area contributed by atoms with Crippen LogP contribution in [0.15, 0.2) is 24.3 Å². The Morgan fingerprint density at radius 3 is 2.50 bits per heavy atom. The minimum absolute atomic E-state index is 0.0310. The fourth-order valence-electron chi connectivity index (χ4n) is 1.69. The lowest BCUT2D eigenvalue weighted by molar-refractivity contribution is -0.125. The summed E-state index contributed by atoms with van der Waals surface area (Å²) in [7, 11) is 3.60. The van der Waals surface area contributed by atoms with Crippen molar-refractivity contribution in [1.82, 2.24) is 10.2 Å². The van der Waals surface area contributed by atoms with E-state index in [1.165, 1.54) is 0 Å². The quantitative estimate of drug-likeness (QED) is 0.834. The summed E-state index contributed by atoms with van der Waals surface area (Å²) < 4.78 is 5.39. The highest BCUT2D eigenvalue weighted by Crippen LogP contribution is 2.14. The van der Waals surface area contributed by atoms with Crippen LogP contribution in [0.5, 0.6) is 5.75 Å². The van der Waals surface area contributed by atoms with Crippen LogP contribution in [0.1, 0.15) is 19.4 Å². The molecule has 0 saturated carbocycles. The molecule has 0 radical (unpaired) electrons. The number of amides is 1. The molecule has 0 fully saturated rings. The highest BCUT2D eigenvalue weighted by Gasteiger charge is 2.16. The maximum absolute atomic E-state index is 11.5. The van der Waals surface area contributed by atoms with Gasteiger partial charge in [-0.2, -0.15) is 0 Å². The smallest absolute Gasteiger partial charge is 0.236 e. The lowest BCUT2D eigenvalue weighted by Gasteiger charge is -2.23. The maximum atomic E-state index is 11.5. The number of hydrogen-bond acceptors (Lipinski definition) is 3. The van der Waals surface area contributed by atoms with Gasteiger partial charge in [-0.25, -0.2) is 0 Å². The van der Waals surface area contributed by atoms with Crippen molar-refractivity contribution >= 4 is 5.91 Å². The van der Waals surface area contributed by atoms with E-state index in [1.807, 2.05) is 50.1 Å². The first-order valence-corrected chi connectivity index (χ1v) is 6.22. The minimum Gasteiger partial charge on any atom is -0.494 e. The summed E-state index contributed by atoms with van der Waals surface area (Å²) in [6.45, 7) is 5.27. The SMILES string of the molecule is CCOc1ccc(CN(C)[C@H](C)C(=O)NC)cc1. The molecule has 1 atom stereocenters. The molecule has 0 spiro atoms. The van der Waals surface area contributed by atoms with E-state index in [0.29, 0.717) is 6.61 Å². The Bertz CT molecular complexity index is 376. The zero-order valence-electron chi connectivity index (χ0n) is 11.6. The molecule has 0 unspecified atom stereocenters. The zero-order valence-corrected chi connectivity index (χ0v) is 11.6. The van der Waals surface area contributed by atoms with Gasteiger partial charge in [0.05, 0.1) is 12.6 Å². The summed E-state index contributed by atoms with van der Waals surface area (Å²) in [6.07, 6.45) is 0. The first-order chi connectivity index (χ1) is 8.58. The second kappa shape index (κ2) is 7.01. The number of likely N-dealkylation sites (N-methyl/N-ethyl adjacent to an activating group) is 2. The molecule has 0 bridgehead atoms. The van der Waals surface area contributed by atoms with Gasteiger partial charge in [-0.3, -0.25) is 9.69 Å². The average molecular weight is 250 g/mol. The molecule has 1 rings (SSSR count). The topological polar surface area (TPSA) is 41.6 Å². The van der Waals surface area contributed by atoms with Crippen molar-refractivity contribution in [2.24, 2.45) is 0 Å². The number of hydrogen-bond donors (Lipinski definition) is 1. The predicted molar refractivity (Wildman–Crippen MR) is 72.6 cm³/mol. The molecule has 0 aromatic heterocycles. The largest absolute Gasteiger partial charge is 0.494 e. The van der Waals surface area contributed by atoms with Crippen molar-refractivity contribution in [3.05, 3.63) is 29.8 Å². The molecule has 0 aliphatic carbocycles. The summed E-state index contributed by atoms with van der Waals surface area (Å²) in [4.78, 5) is 13.5. The molecule has 1 N–H and O–H groups in total. The van der Waals surface area contributed by atoms with E-state index in [-0.39, 0.29) is 11.9 Å². The summed E-state index contributed by atoms with van der Waals surface area (Å²) >= 11 is 0. The standard InChI is InChI=1S/C14H22N2O2/c1-5-18-13-8-6-12(7-9-13)10-16(4)11(2)14(17)15-3/h6-9,11H,5,10H2,1-4H3,(H,15,17)/t11-/m1/s1. The molecule has 4 nitrogen and oxygen atoms in total. The number of benzene rings is 1. The monoisotopic (exact) mass is 250 g/mol. The van der Waals surface area contributed by atoms with Crippen molar-refractivity contribution in [3.8, 4) is 5.75 Å². The van der Waals surface area contributed by atoms with E-state index in [1.54, 1.807) is 7.05 Å². The van der Waals surface area contributed by atoms with Crippen LogP contribution >= 0.6 is 0 Å². The van der Waals surface area contributed by atoms with Gasteiger partial charge in [-0.15, -0.1) is 0 Å². The molecule has 1 aromatic rings. The van der Waals surface area contributed by atoms with Crippen molar-refractivity contribution < 1.29 is 9.53 Å². The summed E-state index contributed by atoms with van der Waals surface area (Å²) in [5, 5.41) is 2.66. The number of rotatable bonds is 6. The second-order valence-corrected chi connectivity index (χ2v) is 4.28. The molecular formula is C14H22N2O2. The molecule has 1 aromatic carbocycles. The van der Waals surface area contributed by atoms with Gasteiger partial charge in [0.1, 0.15) is 5.75 Å². The van der Waals surface area contributed by atoms with Gasteiger partial charge in [0, 0.05) is 13.6 Å². The van der Waals surface area contributed by atoms with E-state index in [2.05, 4.69) is 5.32 Å². The molecule has 0 heterocycles. The number of carbonyl (C=O) groups excluding carboxylic acids is 1. The fourth-order valence-corrected chi connectivity index (χ4v) is 1.69. The Labute approximate surface area is 109 Å². The molecule has 4 heteroatoms. The molecule has 100 valence electrons. The molecule has 0 saturated heterocycles. The van der Waals surface area contributed by atoms with Gasteiger partial charge in [-0.1, -0.05) is 12.1 Å². The van der Waals surface area contributed by atoms with Gasteiger partial charge in [0.15, 0.2) is 0 Å². The van der Waals surface area contributed by atoms with E-state index in [4.69, 9.17) is 4.74 Å². The average Bonchev–Trinajstić information content (AvgIpc) is 2.39. The zero-order chi connectivity index (χ0) is 13.5. The van der Waals surface area contributed by atoms with Gasteiger partial charge < -0.3 is 10.1 Å². The summed E-state index contributed by atoms with van der Waals surface area (Å²) in [5.74, 6) is 0.909. The van der Waals surface area contributed by atoms with Crippen LogP contribution in [0.2, 0.25) is 0 Å². The molecule has 0 aliphatic heterocycles. The Morgan fingerprint density at radius 2 is 2.00 bits per heavy atom. The third kappa shape index (κ3) is 4.04. The predicted octanol–water partition coefficient (Wildman–Crippen LogP) is 1.65. The van der Waals surface area contributed by atoms with Gasteiger partial charge >= 0.3 is 0 Å². The second-order valence-electron chi connectivity index (χ2n) is 4.28. The molecular weight excluding hydrogens is 228 g/mol. The Balaban J connectivity index is 2.58. The lowest BCUT2D eigenvalue weighted by Crippen LogP contribution is -2.41. The molecule has 18 heavy (non-hydrogen) atoms. The van der Waals surface area contributed by atoms with Crippen LogP contribution in [0.25, 0.3) is 0 Å². The normalized spacial score (nSPS) is 12.3. The maximum Gasteiger partial charge on any atom is 0.236 e. The highest BCUT2D eigenvalue weighted by molar-refractivity contribution is 5.80. The van der Waals surface area contributed by atoms with Crippen LogP contribution in [0, 0.1) is 0 Å². The Hall–Kier alpha value is -1.55. The molecule has 1 amide bonds. The van der Waals surface area contributed by atoms with E-state index in [0.717, 1.165) is 17.9 Å². The van der Waals surface area contributed by atoms with Crippen molar-refractivity contribution in [3.63, 3.8) is 0 Å². The van der Waals surface area contributed by atoms with Gasteiger partial charge in [0.2, 0.25) is 5.91 Å². The third-order valence-corrected chi connectivity index (χ3v) is 2.95. The van der Waals surface area contributed by atoms with E-state index in [9.17, 15) is 4.79 Å². The lowest BCUT2D eigenvalue weighted by atomic mass is 10.2. The van der Waals surface area contributed by atoms with E-state index >= 15 is 0 Å². The Kier molecular flexibility index (Phi) is 5.65. The number of nitrogens with one attached hydrogen (secondary N) is 1. The number of carbonyl (C=O) groups is 1. The Morgan fingerprint density at radius 1 is 1.39 bits per heavy atom.